The summed E-state index contributed by atoms with van der Waals surface area (Å²) in [4.78, 5) is 27.6. The van der Waals surface area contributed by atoms with Crippen LogP contribution in [0.15, 0.2) is 46.1 Å². The molecule has 1 aliphatic rings. The van der Waals surface area contributed by atoms with E-state index >= 15 is 0 Å². The third-order valence-corrected chi connectivity index (χ3v) is 5.42. The number of halogens is 1. The topological polar surface area (TPSA) is 42.3 Å². The van der Waals surface area contributed by atoms with Crippen LogP contribution in [0.25, 0.3) is 0 Å². The molecule has 0 saturated heterocycles. The molecule has 0 radical (unpaired) electrons. The Kier molecular flexibility index (Phi) is 4.50. The first kappa shape index (κ1) is 16.1. The van der Waals surface area contributed by atoms with Crippen LogP contribution in [-0.4, -0.2) is 22.3 Å². The third kappa shape index (κ3) is 3.16. The zero-order chi connectivity index (χ0) is 16.6. The SMILES string of the molecule is C[C@@H]1CCN(C(=O)c2cccc(=O)n2C)c2cc(Cl)ccc2S1. The molecule has 1 amide bonds. The van der Waals surface area contributed by atoms with Crippen molar-refractivity contribution in [3.63, 3.8) is 0 Å². The summed E-state index contributed by atoms with van der Waals surface area (Å²) in [6.07, 6.45) is 0.878. The Balaban J connectivity index is 2.09. The number of carbonyl (C=O) groups excluding carboxylic acids is 1. The zero-order valence-electron chi connectivity index (χ0n) is 13.0. The lowest BCUT2D eigenvalue weighted by molar-refractivity contribution is 0.0977. The van der Waals surface area contributed by atoms with Crippen molar-refractivity contribution in [2.75, 3.05) is 11.4 Å². The van der Waals surface area contributed by atoms with E-state index in [1.807, 2.05) is 18.2 Å². The average Bonchev–Trinajstić information content (AvgIpc) is 2.68. The number of pyridine rings is 1. The lowest BCUT2D eigenvalue weighted by Crippen LogP contribution is -2.36. The molecule has 6 heteroatoms. The minimum absolute atomic E-state index is 0.177. The smallest absolute Gasteiger partial charge is 0.275 e. The number of hydrogen-bond acceptors (Lipinski definition) is 3. The first-order valence-corrected chi connectivity index (χ1v) is 8.67. The molecule has 0 unspecified atom stereocenters. The third-order valence-electron chi connectivity index (χ3n) is 3.95. The van der Waals surface area contributed by atoms with Gasteiger partial charge in [0.2, 0.25) is 0 Å². The van der Waals surface area contributed by atoms with Gasteiger partial charge in [0.05, 0.1) is 5.69 Å². The molecule has 2 heterocycles. The minimum atomic E-state index is -0.195. The lowest BCUT2D eigenvalue weighted by Gasteiger charge is -2.23. The molecule has 0 spiro atoms. The number of rotatable bonds is 1. The number of nitrogens with zero attached hydrogens (tertiary/aromatic N) is 2. The predicted molar refractivity (Wildman–Crippen MR) is 94.7 cm³/mol. The molecule has 1 atom stereocenters. The number of carbonyl (C=O) groups is 1. The summed E-state index contributed by atoms with van der Waals surface area (Å²) >= 11 is 7.88. The highest BCUT2D eigenvalue weighted by Crippen LogP contribution is 2.39. The fourth-order valence-corrected chi connectivity index (χ4v) is 3.90. The number of aromatic nitrogens is 1. The number of anilines is 1. The molecule has 0 bridgehead atoms. The van der Waals surface area contributed by atoms with E-state index in [0.717, 1.165) is 17.0 Å². The highest BCUT2D eigenvalue weighted by molar-refractivity contribution is 8.00. The van der Waals surface area contributed by atoms with Crippen LogP contribution in [0.4, 0.5) is 5.69 Å². The van der Waals surface area contributed by atoms with E-state index in [4.69, 9.17) is 11.6 Å². The summed E-state index contributed by atoms with van der Waals surface area (Å²) < 4.78 is 1.38. The fourth-order valence-electron chi connectivity index (χ4n) is 2.64. The van der Waals surface area contributed by atoms with Gasteiger partial charge in [-0.2, -0.15) is 0 Å². The Morgan fingerprint density at radius 3 is 2.87 bits per heavy atom. The number of hydrogen-bond donors (Lipinski definition) is 0. The lowest BCUT2D eigenvalue weighted by atomic mass is 10.2. The molecule has 0 aliphatic carbocycles. The largest absolute Gasteiger partial charge is 0.307 e. The number of thioether (sulfide) groups is 1. The molecule has 120 valence electrons. The van der Waals surface area contributed by atoms with Crippen LogP contribution < -0.4 is 10.5 Å². The van der Waals surface area contributed by atoms with E-state index in [0.29, 0.717) is 22.5 Å². The Morgan fingerprint density at radius 1 is 1.30 bits per heavy atom. The van der Waals surface area contributed by atoms with Gasteiger partial charge in [0, 0.05) is 34.8 Å². The second-order valence-corrected chi connectivity index (χ2v) is 7.51. The van der Waals surface area contributed by atoms with Crippen molar-refractivity contribution in [3.05, 3.63) is 57.5 Å². The van der Waals surface area contributed by atoms with Crippen LogP contribution >= 0.6 is 23.4 Å². The van der Waals surface area contributed by atoms with Gasteiger partial charge in [-0.05, 0) is 30.7 Å². The summed E-state index contributed by atoms with van der Waals surface area (Å²) in [6, 6.07) is 10.3. The van der Waals surface area contributed by atoms with Crippen LogP contribution in [0.2, 0.25) is 5.02 Å². The van der Waals surface area contributed by atoms with Crippen molar-refractivity contribution in [1.82, 2.24) is 4.57 Å². The molecule has 4 nitrogen and oxygen atoms in total. The van der Waals surface area contributed by atoms with Crippen molar-refractivity contribution >= 4 is 35.0 Å². The maximum absolute atomic E-state index is 13.0. The standard InChI is InChI=1S/C17H17ClN2O2S/c1-11-8-9-20(14-10-12(18)6-7-15(14)23-11)17(22)13-4-3-5-16(21)19(13)2/h3-7,10-11H,8-9H2,1-2H3/t11-/m1/s1. The molecule has 0 saturated carbocycles. The van der Waals surface area contributed by atoms with E-state index in [1.165, 1.54) is 10.6 Å². The van der Waals surface area contributed by atoms with Gasteiger partial charge in [0.1, 0.15) is 5.69 Å². The normalized spacial score (nSPS) is 17.5. The van der Waals surface area contributed by atoms with E-state index in [-0.39, 0.29) is 11.5 Å². The summed E-state index contributed by atoms with van der Waals surface area (Å²) in [5, 5.41) is 1.01. The van der Waals surface area contributed by atoms with E-state index in [2.05, 4.69) is 6.92 Å². The summed E-state index contributed by atoms with van der Waals surface area (Å²) in [5.41, 5.74) is 0.996. The molecule has 1 aromatic heterocycles. The van der Waals surface area contributed by atoms with Crippen molar-refractivity contribution in [2.45, 2.75) is 23.5 Å². The van der Waals surface area contributed by atoms with Gasteiger partial charge in [0.25, 0.3) is 11.5 Å². The second-order valence-electron chi connectivity index (χ2n) is 5.59. The Labute approximate surface area is 144 Å². The van der Waals surface area contributed by atoms with Crippen molar-refractivity contribution < 1.29 is 4.79 Å². The maximum Gasteiger partial charge on any atom is 0.275 e. The average molecular weight is 349 g/mol. The van der Waals surface area contributed by atoms with Crippen LogP contribution in [0.1, 0.15) is 23.8 Å². The molecule has 23 heavy (non-hydrogen) atoms. The van der Waals surface area contributed by atoms with Crippen molar-refractivity contribution in [2.24, 2.45) is 7.05 Å². The summed E-state index contributed by atoms with van der Waals surface area (Å²) in [5.74, 6) is -0.177. The van der Waals surface area contributed by atoms with Gasteiger partial charge in [-0.25, -0.2) is 0 Å². The number of fused-ring (bicyclic) bond motifs is 1. The van der Waals surface area contributed by atoms with Gasteiger partial charge in [0.15, 0.2) is 0 Å². The van der Waals surface area contributed by atoms with E-state index < -0.39 is 0 Å². The molecule has 2 aromatic rings. The molecular formula is C17H17ClN2O2S. The Hall–Kier alpha value is -1.72. The first-order valence-electron chi connectivity index (χ1n) is 7.41. The van der Waals surface area contributed by atoms with Gasteiger partial charge >= 0.3 is 0 Å². The highest BCUT2D eigenvalue weighted by atomic mass is 35.5. The fraction of sp³-hybridized carbons (Fsp3) is 0.294. The van der Waals surface area contributed by atoms with Crippen molar-refractivity contribution in [1.29, 1.82) is 0 Å². The second kappa shape index (κ2) is 6.42. The number of benzene rings is 1. The van der Waals surface area contributed by atoms with Crippen molar-refractivity contribution in [3.8, 4) is 0 Å². The van der Waals surface area contributed by atoms with Gasteiger partial charge in [-0.3, -0.25) is 9.59 Å². The van der Waals surface area contributed by atoms with E-state index in [1.54, 1.807) is 35.8 Å². The molecule has 3 rings (SSSR count). The number of amides is 1. The molecular weight excluding hydrogens is 332 g/mol. The molecule has 1 aliphatic heterocycles. The Morgan fingerprint density at radius 2 is 2.09 bits per heavy atom. The maximum atomic E-state index is 13.0. The summed E-state index contributed by atoms with van der Waals surface area (Å²) in [7, 11) is 1.61. The predicted octanol–water partition coefficient (Wildman–Crippen LogP) is 3.57. The van der Waals surface area contributed by atoms with Gasteiger partial charge < -0.3 is 9.47 Å². The highest BCUT2D eigenvalue weighted by Gasteiger charge is 2.26. The van der Waals surface area contributed by atoms with Crippen LogP contribution in [0, 0.1) is 0 Å². The van der Waals surface area contributed by atoms with E-state index in [9.17, 15) is 9.59 Å². The zero-order valence-corrected chi connectivity index (χ0v) is 14.5. The molecule has 1 aromatic carbocycles. The monoisotopic (exact) mass is 348 g/mol. The van der Waals surface area contributed by atoms with Gasteiger partial charge in [-0.15, -0.1) is 11.8 Å². The Bertz CT molecular complexity index is 818. The summed E-state index contributed by atoms with van der Waals surface area (Å²) in [6.45, 7) is 2.75. The molecule has 0 N–H and O–H groups in total. The molecule has 0 fully saturated rings. The quantitative estimate of drug-likeness (QED) is 0.791. The van der Waals surface area contributed by atoms with Crippen LogP contribution in [-0.2, 0) is 7.05 Å². The minimum Gasteiger partial charge on any atom is -0.307 e. The van der Waals surface area contributed by atoms with Crippen LogP contribution in [0.5, 0.6) is 0 Å². The van der Waals surface area contributed by atoms with Gasteiger partial charge in [-0.1, -0.05) is 24.6 Å². The van der Waals surface area contributed by atoms with Crippen LogP contribution in [0.3, 0.4) is 0 Å². The first-order chi connectivity index (χ1) is 11.0.